The minimum absolute atomic E-state index is 0.645. The number of para-hydroxylation sites is 1. The number of ether oxygens (including phenoxy) is 1. The van der Waals surface area contributed by atoms with Crippen LogP contribution in [0.15, 0.2) is 48.5 Å². The molecule has 0 atom stereocenters. The second-order valence-electron chi connectivity index (χ2n) is 5.47. The zero-order valence-corrected chi connectivity index (χ0v) is 13.5. The van der Waals surface area contributed by atoms with Gasteiger partial charge in [-0.1, -0.05) is 18.2 Å². The predicted octanol–water partition coefficient (Wildman–Crippen LogP) is 4.56. The van der Waals surface area contributed by atoms with Crippen LogP contribution >= 0.6 is 0 Å². The fourth-order valence-electron chi connectivity index (χ4n) is 2.83. The first kappa shape index (κ1) is 14.9. The summed E-state index contributed by atoms with van der Waals surface area (Å²) in [6, 6.07) is 18.1. The molecular weight excluding hydrogens is 284 g/mol. The van der Waals surface area contributed by atoms with Crippen molar-refractivity contribution in [3.05, 3.63) is 65.4 Å². The maximum Gasteiger partial charge on any atom is 0.118 e. The topological polar surface area (TPSA) is 37.9 Å². The van der Waals surface area contributed by atoms with Crippen LogP contribution in [0.2, 0.25) is 0 Å². The lowest BCUT2D eigenvalue weighted by molar-refractivity contribution is 0.415. The third-order valence-corrected chi connectivity index (χ3v) is 4.26. The number of allylic oxidation sites excluding steroid dienone is 1. The Bertz CT molecular complexity index is 925. The Morgan fingerprint density at radius 3 is 2.48 bits per heavy atom. The number of methoxy groups -OCH3 is 1. The summed E-state index contributed by atoms with van der Waals surface area (Å²) in [7, 11) is 3.68. The summed E-state index contributed by atoms with van der Waals surface area (Å²) in [5.41, 5.74) is 4.94. The van der Waals surface area contributed by atoms with Crippen LogP contribution in [0.5, 0.6) is 5.75 Å². The fraction of sp³-hybridized carbons (Fsp3) is 0.150. The lowest BCUT2D eigenvalue weighted by Gasteiger charge is -2.03. The van der Waals surface area contributed by atoms with E-state index in [4.69, 9.17) is 4.74 Å². The summed E-state index contributed by atoms with van der Waals surface area (Å²) >= 11 is 0. The van der Waals surface area contributed by atoms with Crippen molar-refractivity contribution in [2.45, 2.75) is 6.92 Å². The zero-order chi connectivity index (χ0) is 16.4. The van der Waals surface area contributed by atoms with Crippen molar-refractivity contribution < 1.29 is 4.74 Å². The number of nitrogens with zero attached hydrogens (tertiary/aromatic N) is 2. The molecule has 3 rings (SSSR count). The Hall–Kier alpha value is -2.99. The molecular formula is C20H18N2O. The van der Waals surface area contributed by atoms with Gasteiger partial charge in [0.05, 0.1) is 18.8 Å². The van der Waals surface area contributed by atoms with E-state index in [2.05, 4.69) is 36.7 Å². The van der Waals surface area contributed by atoms with Gasteiger partial charge in [-0.15, -0.1) is 0 Å². The summed E-state index contributed by atoms with van der Waals surface area (Å²) in [6.07, 6.45) is 1.97. The number of aryl methyl sites for hydroxylation is 1. The molecule has 1 heterocycles. The van der Waals surface area contributed by atoms with E-state index in [9.17, 15) is 5.26 Å². The van der Waals surface area contributed by atoms with Crippen molar-refractivity contribution in [3.63, 3.8) is 0 Å². The fourth-order valence-corrected chi connectivity index (χ4v) is 2.83. The predicted molar refractivity (Wildman–Crippen MR) is 94.1 cm³/mol. The summed E-state index contributed by atoms with van der Waals surface area (Å²) in [6.45, 7) is 2.08. The number of nitriles is 1. The van der Waals surface area contributed by atoms with Gasteiger partial charge in [-0.3, -0.25) is 0 Å². The van der Waals surface area contributed by atoms with Gasteiger partial charge in [-0.05, 0) is 48.9 Å². The Morgan fingerprint density at radius 2 is 1.83 bits per heavy atom. The van der Waals surface area contributed by atoms with Crippen molar-refractivity contribution >= 4 is 22.6 Å². The molecule has 0 bridgehead atoms. The number of hydrogen-bond acceptors (Lipinski definition) is 2. The van der Waals surface area contributed by atoms with Crippen LogP contribution < -0.4 is 4.74 Å². The zero-order valence-electron chi connectivity index (χ0n) is 13.5. The van der Waals surface area contributed by atoms with Gasteiger partial charge in [-0.25, -0.2) is 0 Å². The van der Waals surface area contributed by atoms with E-state index in [0.29, 0.717) is 5.57 Å². The Kier molecular flexibility index (Phi) is 3.91. The highest BCUT2D eigenvalue weighted by molar-refractivity contribution is 5.99. The molecule has 0 amide bonds. The first-order valence-corrected chi connectivity index (χ1v) is 7.46. The van der Waals surface area contributed by atoms with E-state index in [1.54, 1.807) is 7.11 Å². The van der Waals surface area contributed by atoms with Gasteiger partial charge in [0, 0.05) is 29.2 Å². The highest BCUT2D eigenvalue weighted by Gasteiger charge is 2.11. The lowest BCUT2D eigenvalue weighted by atomic mass is 10.0. The van der Waals surface area contributed by atoms with E-state index in [1.165, 1.54) is 5.52 Å². The first-order valence-electron chi connectivity index (χ1n) is 7.46. The summed E-state index contributed by atoms with van der Waals surface area (Å²) in [5.74, 6) is 0.785. The number of rotatable bonds is 3. The minimum atomic E-state index is 0.645. The quantitative estimate of drug-likeness (QED) is 0.665. The van der Waals surface area contributed by atoms with Gasteiger partial charge in [0.25, 0.3) is 0 Å². The van der Waals surface area contributed by atoms with Crippen molar-refractivity contribution in [2.75, 3.05) is 7.11 Å². The molecule has 3 aromatic rings. The van der Waals surface area contributed by atoms with E-state index in [-0.39, 0.29) is 0 Å². The summed E-state index contributed by atoms with van der Waals surface area (Å²) in [4.78, 5) is 0. The maximum absolute atomic E-state index is 9.58. The average molecular weight is 302 g/mol. The molecule has 0 spiro atoms. The number of hydrogen-bond donors (Lipinski definition) is 0. The van der Waals surface area contributed by atoms with Crippen LogP contribution in [0.4, 0.5) is 0 Å². The largest absolute Gasteiger partial charge is 0.497 e. The van der Waals surface area contributed by atoms with Gasteiger partial charge in [0.2, 0.25) is 0 Å². The maximum atomic E-state index is 9.58. The Morgan fingerprint density at radius 1 is 1.13 bits per heavy atom. The van der Waals surface area contributed by atoms with Crippen molar-refractivity contribution in [1.82, 2.24) is 4.57 Å². The molecule has 114 valence electrons. The SMILES string of the molecule is COc1ccc(/C(C#N)=C/c2c(C)n(C)c3ccccc23)cc1. The molecule has 0 aliphatic rings. The van der Waals surface area contributed by atoms with Crippen LogP contribution in [0, 0.1) is 18.3 Å². The monoisotopic (exact) mass is 302 g/mol. The second-order valence-corrected chi connectivity index (χ2v) is 5.47. The molecule has 3 nitrogen and oxygen atoms in total. The molecule has 3 heteroatoms. The van der Waals surface area contributed by atoms with E-state index in [1.807, 2.05) is 42.5 Å². The van der Waals surface area contributed by atoms with E-state index >= 15 is 0 Å². The molecule has 1 aromatic heterocycles. The third-order valence-electron chi connectivity index (χ3n) is 4.26. The van der Waals surface area contributed by atoms with Crippen molar-refractivity contribution in [2.24, 2.45) is 7.05 Å². The highest BCUT2D eigenvalue weighted by atomic mass is 16.5. The first-order chi connectivity index (χ1) is 11.2. The second kappa shape index (κ2) is 6.02. The average Bonchev–Trinajstić information content (AvgIpc) is 2.84. The smallest absolute Gasteiger partial charge is 0.118 e. The van der Waals surface area contributed by atoms with Crippen LogP contribution in [-0.2, 0) is 7.05 Å². The Labute approximate surface area is 136 Å². The number of fused-ring (bicyclic) bond motifs is 1. The van der Waals surface area contributed by atoms with Gasteiger partial charge in [0.15, 0.2) is 0 Å². The molecule has 0 unspecified atom stereocenters. The standard InChI is InChI=1S/C20H18N2O/c1-14-19(18-6-4-5-7-20(18)22(14)2)12-16(13-21)15-8-10-17(23-3)11-9-15/h4-12H,1-3H3/b16-12+. The highest BCUT2D eigenvalue weighted by Crippen LogP contribution is 2.29. The molecule has 0 fully saturated rings. The van der Waals surface area contributed by atoms with Crippen LogP contribution in [0.25, 0.3) is 22.6 Å². The van der Waals surface area contributed by atoms with Crippen LogP contribution in [-0.4, -0.2) is 11.7 Å². The van der Waals surface area contributed by atoms with E-state index in [0.717, 1.165) is 28.0 Å². The van der Waals surface area contributed by atoms with E-state index < -0.39 is 0 Å². The van der Waals surface area contributed by atoms with Crippen molar-refractivity contribution in [3.8, 4) is 11.8 Å². The van der Waals surface area contributed by atoms with Gasteiger partial charge in [0.1, 0.15) is 5.75 Å². The van der Waals surface area contributed by atoms with Crippen molar-refractivity contribution in [1.29, 1.82) is 5.26 Å². The van der Waals surface area contributed by atoms with Gasteiger partial charge >= 0.3 is 0 Å². The number of benzene rings is 2. The molecule has 0 radical (unpaired) electrons. The van der Waals surface area contributed by atoms with Gasteiger partial charge in [-0.2, -0.15) is 5.26 Å². The molecule has 0 aliphatic carbocycles. The molecule has 0 saturated carbocycles. The minimum Gasteiger partial charge on any atom is -0.497 e. The molecule has 2 aromatic carbocycles. The molecule has 0 aliphatic heterocycles. The van der Waals surface area contributed by atoms with Crippen LogP contribution in [0.3, 0.4) is 0 Å². The number of aromatic nitrogens is 1. The Balaban J connectivity index is 2.15. The van der Waals surface area contributed by atoms with Crippen LogP contribution in [0.1, 0.15) is 16.8 Å². The van der Waals surface area contributed by atoms with Gasteiger partial charge < -0.3 is 9.30 Å². The summed E-state index contributed by atoms with van der Waals surface area (Å²) < 4.78 is 7.33. The summed E-state index contributed by atoms with van der Waals surface area (Å²) in [5, 5.41) is 10.7. The molecule has 23 heavy (non-hydrogen) atoms. The third kappa shape index (κ3) is 2.60. The molecule has 0 saturated heterocycles. The molecule has 0 N–H and O–H groups in total. The normalized spacial score (nSPS) is 11.5. The lowest BCUT2D eigenvalue weighted by Crippen LogP contribution is -1.90.